The van der Waals surface area contributed by atoms with Crippen molar-refractivity contribution >= 4 is 17.7 Å². The molecule has 2 fully saturated rings. The molecule has 2 aliphatic rings. The van der Waals surface area contributed by atoms with Crippen LogP contribution < -0.4 is 0 Å². The predicted octanol–water partition coefficient (Wildman–Crippen LogP) is 5.55. The molecule has 2 aliphatic heterocycles. The molecule has 7 nitrogen and oxygen atoms in total. The number of aliphatic hydroxyl groups is 1. The summed E-state index contributed by atoms with van der Waals surface area (Å²) in [5.41, 5.74) is -2.19. The molecule has 4 rings (SSSR count). The number of nitrogens with zero attached hydrogens (tertiary/aromatic N) is 3. The fourth-order valence-corrected chi connectivity index (χ4v) is 6.45. The summed E-state index contributed by atoms with van der Waals surface area (Å²) in [7, 11) is 1.31. The normalized spacial score (nSPS) is 20.4. The Labute approximate surface area is 261 Å². The highest BCUT2D eigenvalue weighted by Crippen LogP contribution is 2.40. The lowest BCUT2D eigenvalue weighted by Crippen LogP contribution is -2.51. The van der Waals surface area contributed by atoms with Gasteiger partial charge in [-0.25, -0.2) is 4.39 Å². The number of carbonyl (C=O) groups is 3. The van der Waals surface area contributed by atoms with Crippen LogP contribution in [0.4, 0.5) is 30.7 Å². The number of aryl methyl sites for hydroxylation is 1. The SMILES string of the molecule is Cc1cc(F)ccc1C1CN(C(=O)C2CCN(C(=O)CO)CC2)CCC1C(=O)N(C)[C@@H](C)c1cc(C(F)(F)F)cc(C(F)(F)F)c1. The zero-order chi connectivity index (χ0) is 34.1. The molecule has 0 aromatic heterocycles. The van der Waals surface area contributed by atoms with Crippen molar-refractivity contribution in [3.05, 3.63) is 70.0 Å². The molecule has 2 heterocycles. The van der Waals surface area contributed by atoms with Crippen LogP contribution in [-0.4, -0.2) is 77.4 Å². The van der Waals surface area contributed by atoms with Crippen molar-refractivity contribution in [3.63, 3.8) is 0 Å². The number of aliphatic hydroxyl groups excluding tert-OH is 1. The number of likely N-dealkylation sites (tertiary alicyclic amines) is 2. The van der Waals surface area contributed by atoms with Gasteiger partial charge in [-0.1, -0.05) is 6.07 Å². The van der Waals surface area contributed by atoms with Gasteiger partial charge in [-0.3, -0.25) is 14.4 Å². The third kappa shape index (κ3) is 7.64. The number of hydrogen-bond acceptors (Lipinski definition) is 4. The van der Waals surface area contributed by atoms with Crippen molar-refractivity contribution in [1.82, 2.24) is 14.7 Å². The maximum atomic E-state index is 14.0. The second kappa shape index (κ2) is 13.6. The van der Waals surface area contributed by atoms with E-state index in [2.05, 4.69) is 0 Å². The van der Waals surface area contributed by atoms with Crippen molar-refractivity contribution in [3.8, 4) is 0 Å². The van der Waals surface area contributed by atoms with Crippen LogP contribution in [0.3, 0.4) is 0 Å². The second-order valence-electron chi connectivity index (χ2n) is 12.1. The van der Waals surface area contributed by atoms with Crippen LogP contribution in [0.2, 0.25) is 0 Å². The number of piperidine rings is 2. The molecule has 1 N–H and O–H groups in total. The Kier molecular flexibility index (Phi) is 10.4. The van der Waals surface area contributed by atoms with Gasteiger partial charge in [0.2, 0.25) is 17.7 Å². The molecule has 0 radical (unpaired) electrons. The minimum atomic E-state index is -5.05. The fourth-order valence-electron chi connectivity index (χ4n) is 6.45. The van der Waals surface area contributed by atoms with Crippen LogP contribution in [-0.2, 0) is 26.7 Å². The average molecular weight is 660 g/mol. The minimum Gasteiger partial charge on any atom is -0.387 e. The number of halogens is 7. The van der Waals surface area contributed by atoms with Gasteiger partial charge in [0, 0.05) is 51.0 Å². The summed E-state index contributed by atoms with van der Waals surface area (Å²) < 4.78 is 95.2. The van der Waals surface area contributed by atoms with Crippen LogP contribution in [0.1, 0.15) is 66.0 Å². The first-order valence-corrected chi connectivity index (χ1v) is 14.9. The first-order chi connectivity index (χ1) is 21.4. The number of rotatable bonds is 6. The van der Waals surface area contributed by atoms with Gasteiger partial charge in [0.05, 0.1) is 17.2 Å². The Morgan fingerprint density at radius 3 is 2.00 bits per heavy atom. The van der Waals surface area contributed by atoms with E-state index in [4.69, 9.17) is 5.11 Å². The Hall–Kier alpha value is -3.68. The molecule has 2 aromatic rings. The van der Waals surface area contributed by atoms with Crippen molar-refractivity contribution in [2.24, 2.45) is 11.8 Å². The lowest BCUT2D eigenvalue weighted by molar-refractivity contribution is -0.146. The standard InChI is InChI=1S/C32H36F7N3O4/c1-18-12-24(33)4-5-25(18)27-16-42(29(45)20-6-9-41(10-7-20)28(44)17-43)11-8-26(27)30(46)40(3)19(2)21-13-22(31(34,35)36)15-23(14-21)32(37,38)39/h4-5,12-15,19-20,26-27,43H,6-11,16-17H2,1-3H3/t19-,26?,27?/m0/s1. The van der Waals surface area contributed by atoms with Crippen molar-refractivity contribution in [1.29, 1.82) is 0 Å². The van der Waals surface area contributed by atoms with Gasteiger partial charge in [0.25, 0.3) is 0 Å². The van der Waals surface area contributed by atoms with E-state index >= 15 is 0 Å². The van der Waals surface area contributed by atoms with E-state index in [9.17, 15) is 45.1 Å². The molecular weight excluding hydrogens is 623 g/mol. The summed E-state index contributed by atoms with van der Waals surface area (Å²) in [5, 5.41) is 9.13. The molecule has 2 saturated heterocycles. The number of alkyl halides is 6. The van der Waals surface area contributed by atoms with Crippen molar-refractivity contribution in [2.45, 2.75) is 57.4 Å². The lowest BCUT2D eigenvalue weighted by Gasteiger charge is -2.42. The van der Waals surface area contributed by atoms with E-state index in [1.165, 1.54) is 37.1 Å². The zero-order valence-electron chi connectivity index (χ0n) is 25.6. The molecule has 0 spiro atoms. The largest absolute Gasteiger partial charge is 0.416 e. The maximum Gasteiger partial charge on any atom is 0.416 e. The van der Waals surface area contributed by atoms with Gasteiger partial charge in [-0.05, 0) is 80.1 Å². The van der Waals surface area contributed by atoms with Crippen LogP contribution in [0.5, 0.6) is 0 Å². The van der Waals surface area contributed by atoms with Crippen molar-refractivity contribution < 1.29 is 50.2 Å². The quantitative estimate of drug-likeness (QED) is 0.413. The molecule has 0 bridgehead atoms. The highest BCUT2D eigenvalue weighted by Gasteiger charge is 2.42. The van der Waals surface area contributed by atoms with Crippen LogP contribution in [0, 0.1) is 24.6 Å². The summed E-state index contributed by atoms with van der Waals surface area (Å²) in [5.74, 6) is -3.46. The van der Waals surface area contributed by atoms with Gasteiger partial charge in [0.1, 0.15) is 12.4 Å². The monoisotopic (exact) mass is 659 g/mol. The Morgan fingerprint density at radius 1 is 0.913 bits per heavy atom. The third-order valence-corrected chi connectivity index (χ3v) is 9.23. The molecular formula is C32H36F7N3O4. The summed E-state index contributed by atoms with van der Waals surface area (Å²) in [4.78, 5) is 43.6. The van der Waals surface area contributed by atoms with Crippen LogP contribution in [0.25, 0.3) is 0 Å². The summed E-state index contributed by atoms with van der Waals surface area (Å²) in [6.45, 7) is 3.25. The number of carbonyl (C=O) groups excluding carboxylic acids is 3. The summed E-state index contributed by atoms with van der Waals surface area (Å²) >= 11 is 0. The second-order valence-corrected chi connectivity index (χ2v) is 12.1. The fraction of sp³-hybridized carbons (Fsp3) is 0.531. The minimum absolute atomic E-state index is 0.0342. The Morgan fingerprint density at radius 2 is 1.48 bits per heavy atom. The summed E-state index contributed by atoms with van der Waals surface area (Å²) in [6.07, 6.45) is -9.16. The molecule has 3 atom stereocenters. The molecule has 14 heteroatoms. The highest BCUT2D eigenvalue weighted by molar-refractivity contribution is 5.83. The number of hydrogen-bond donors (Lipinski definition) is 1. The van der Waals surface area contributed by atoms with Gasteiger partial charge < -0.3 is 19.8 Å². The van der Waals surface area contributed by atoms with Crippen molar-refractivity contribution in [2.75, 3.05) is 39.8 Å². The maximum absolute atomic E-state index is 14.0. The smallest absolute Gasteiger partial charge is 0.387 e. The van der Waals surface area contributed by atoms with Gasteiger partial charge in [-0.2, -0.15) is 26.3 Å². The molecule has 0 aliphatic carbocycles. The molecule has 3 amide bonds. The highest BCUT2D eigenvalue weighted by atomic mass is 19.4. The lowest BCUT2D eigenvalue weighted by atomic mass is 9.77. The van der Waals surface area contributed by atoms with E-state index in [1.807, 2.05) is 0 Å². The number of amides is 3. The Bertz CT molecular complexity index is 1420. The van der Waals surface area contributed by atoms with Gasteiger partial charge in [-0.15, -0.1) is 0 Å². The Balaban J connectivity index is 1.60. The average Bonchev–Trinajstić information content (AvgIpc) is 3.01. The number of benzene rings is 2. The van der Waals surface area contributed by atoms with E-state index in [0.717, 1.165) is 4.90 Å². The van der Waals surface area contributed by atoms with Crippen LogP contribution in [0.15, 0.2) is 36.4 Å². The molecule has 252 valence electrons. The predicted molar refractivity (Wildman–Crippen MR) is 153 cm³/mol. The van der Waals surface area contributed by atoms with E-state index < -0.39 is 71.5 Å². The first-order valence-electron chi connectivity index (χ1n) is 14.9. The first kappa shape index (κ1) is 35.2. The van der Waals surface area contributed by atoms with E-state index in [0.29, 0.717) is 49.2 Å². The molecule has 0 saturated carbocycles. The van der Waals surface area contributed by atoms with Gasteiger partial charge in [0.15, 0.2) is 0 Å². The third-order valence-electron chi connectivity index (χ3n) is 9.23. The topological polar surface area (TPSA) is 81.2 Å². The molecule has 46 heavy (non-hydrogen) atoms. The van der Waals surface area contributed by atoms with Crippen LogP contribution >= 0.6 is 0 Å². The molecule has 2 unspecified atom stereocenters. The van der Waals surface area contributed by atoms with E-state index in [1.54, 1.807) is 11.8 Å². The molecule has 2 aromatic carbocycles. The van der Waals surface area contributed by atoms with E-state index in [-0.39, 0.29) is 37.0 Å². The summed E-state index contributed by atoms with van der Waals surface area (Å²) in [6, 6.07) is 4.11. The van der Waals surface area contributed by atoms with Gasteiger partial charge >= 0.3 is 12.4 Å². The zero-order valence-corrected chi connectivity index (χ0v) is 25.6.